The summed E-state index contributed by atoms with van der Waals surface area (Å²) in [5, 5.41) is 9.06. The summed E-state index contributed by atoms with van der Waals surface area (Å²) in [6.45, 7) is 18.3. The number of amides is 3. The van der Waals surface area contributed by atoms with E-state index >= 15 is 0 Å². The molecule has 42 heavy (non-hydrogen) atoms. The smallest absolute Gasteiger partial charge is 0.302 e. The fourth-order valence-electron chi connectivity index (χ4n) is 4.29. The van der Waals surface area contributed by atoms with E-state index in [-0.39, 0.29) is 38.0 Å². The van der Waals surface area contributed by atoms with Gasteiger partial charge in [0, 0.05) is 32.5 Å². The Morgan fingerprint density at radius 1 is 0.929 bits per heavy atom. The van der Waals surface area contributed by atoms with E-state index in [1.54, 1.807) is 0 Å². The molecule has 12 nitrogen and oxygen atoms in total. The summed E-state index contributed by atoms with van der Waals surface area (Å²) >= 11 is 0. The number of ether oxygens (including phenoxy) is 4. The topological polar surface area (TPSA) is 145 Å². The maximum absolute atomic E-state index is 13.8. The summed E-state index contributed by atoms with van der Waals surface area (Å²) in [6, 6.07) is -1.25. The molecule has 0 aromatic rings. The normalized spacial score (nSPS) is 19.2. The molecule has 1 aliphatic heterocycles. The molecule has 5 unspecified atom stereocenters. The number of rotatable bonds is 20. The first-order chi connectivity index (χ1) is 19.8. The molecule has 3 amide bonds. The molecule has 0 saturated carbocycles. The molecule has 0 aliphatic carbocycles. The summed E-state index contributed by atoms with van der Waals surface area (Å²) in [6.07, 6.45) is 1.58. The molecule has 1 fully saturated rings. The molecule has 0 bridgehead atoms. The van der Waals surface area contributed by atoms with Crippen LogP contribution < -0.4 is 16.0 Å². The Balaban J connectivity index is 2.59. The quantitative estimate of drug-likeness (QED) is 0.140. The van der Waals surface area contributed by atoms with E-state index in [0.717, 1.165) is 19.4 Å². The molecule has 1 heterocycles. The highest BCUT2D eigenvalue weighted by Gasteiger charge is 2.45. The van der Waals surface area contributed by atoms with Gasteiger partial charge in [0.25, 0.3) is 0 Å². The van der Waals surface area contributed by atoms with Gasteiger partial charge in [0.1, 0.15) is 24.8 Å². The molecule has 1 saturated heterocycles. The van der Waals surface area contributed by atoms with Crippen LogP contribution in [0.3, 0.4) is 0 Å². The Labute approximate surface area is 252 Å². The van der Waals surface area contributed by atoms with Crippen molar-refractivity contribution in [2.45, 2.75) is 98.9 Å². The zero-order valence-electron chi connectivity index (χ0n) is 27.1. The van der Waals surface area contributed by atoms with Crippen LogP contribution in [0.5, 0.6) is 0 Å². The van der Waals surface area contributed by atoms with E-state index in [9.17, 15) is 19.2 Å². The van der Waals surface area contributed by atoms with Gasteiger partial charge in [0.2, 0.25) is 17.7 Å². The van der Waals surface area contributed by atoms with Crippen molar-refractivity contribution in [3.8, 4) is 0 Å². The predicted molar refractivity (Wildman–Crippen MR) is 160 cm³/mol. The Morgan fingerprint density at radius 2 is 1.55 bits per heavy atom. The van der Waals surface area contributed by atoms with Crippen molar-refractivity contribution in [2.75, 3.05) is 59.3 Å². The highest BCUT2D eigenvalue weighted by molar-refractivity contribution is 5.93. The van der Waals surface area contributed by atoms with Crippen LogP contribution >= 0.6 is 0 Å². The van der Waals surface area contributed by atoms with Gasteiger partial charge in [0.05, 0.1) is 39.6 Å². The van der Waals surface area contributed by atoms with Gasteiger partial charge in [-0.05, 0) is 24.7 Å². The van der Waals surface area contributed by atoms with Crippen LogP contribution in [0, 0.1) is 11.3 Å². The van der Waals surface area contributed by atoms with Gasteiger partial charge < -0.3 is 39.8 Å². The third-order valence-corrected chi connectivity index (χ3v) is 7.25. The number of hydrogen-bond acceptors (Lipinski definition) is 9. The number of esters is 1. The molecule has 1 aliphatic rings. The molecule has 5 atom stereocenters. The molecule has 0 radical (unpaired) electrons. The Bertz CT molecular complexity index is 835. The van der Waals surface area contributed by atoms with Crippen LogP contribution in [0.25, 0.3) is 0 Å². The van der Waals surface area contributed by atoms with Crippen molar-refractivity contribution in [3.63, 3.8) is 0 Å². The first-order valence-electron chi connectivity index (χ1n) is 15.3. The average molecular weight is 601 g/mol. The molecule has 0 aromatic carbocycles. The van der Waals surface area contributed by atoms with Crippen molar-refractivity contribution in [1.82, 2.24) is 20.9 Å². The number of hydrogen-bond donors (Lipinski definition) is 3. The lowest BCUT2D eigenvalue weighted by Crippen LogP contribution is -2.58. The van der Waals surface area contributed by atoms with Crippen molar-refractivity contribution < 1.29 is 38.1 Å². The first kappa shape index (κ1) is 37.7. The zero-order valence-corrected chi connectivity index (χ0v) is 27.1. The maximum atomic E-state index is 13.8. The third-order valence-electron chi connectivity index (χ3n) is 7.25. The van der Waals surface area contributed by atoms with Crippen LogP contribution in [-0.2, 0) is 38.1 Å². The monoisotopic (exact) mass is 600 g/mol. The minimum Gasteiger partial charge on any atom is -0.461 e. The molecule has 0 aromatic heterocycles. The number of carbonyl (C=O) groups is 4. The van der Waals surface area contributed by atoms with Crippen LogP contribution in [0.1, 0.15) is 74.7 Å². The predicted octanol–water partition coefficient (Wildman–Crippen LogP) is 1.65. The minimum absolute atomic E-state index is 0.0776. The highest BCUT2D eigenvalue weighted by atomic mass is 16.5. The average Bonchev–Trinajstić information content (AvgIpc) is 3.35. The van der Waals surface area contributed by atoms with Gasteiger partial charge in [-0.2, -0.15) is 0 Å². The van der Waals surface area contributed by atoms with Gasteiger partial charge in [-0.25, -0.2) is 0 Å². The van der Waals surface area contributed by atoms with E-state index in [2.05, 4.69) is 29.8 Å². The van der Waals surface area contributed by atoms with Gasteiger partial charge in [-0.15, -0.1) is 0 Å². The molecule has 0 spiro atoms. The molecule has 1 rings (SSSR count). The van der Waals surface area contributed by atoms with E-state index < -0.39 is 41.4 Å². The van der Waals surface area contributed by atoms with Crippen molar-refractivity contribution in [2.24, 2.45) is 11.3 Å². The van der Waals surface area contributed by atoms with Gasteiger partial charge >= 0.3 is 5.97 Å². The standard InChI is InChI=1S/C30H56N4O8/c1-9-21(3)18-32-28(37)25-17-24(42-23(5)35)19-34(25)29(38)27(30(6,7)8)33-26(36)20-41-16-15-40-14-13-39-12-11-31-22(4)10-2/h21-22,24-25,27,31H,9-20H2,1-8H3,(H,32,37)(H,33,36). The molecule has 3 N–H and O–H groups in total. The van der Waals surface area contributed by atoms with Crippen LogP contribution in [-0.4, -0.2) is 112 Å². The molecule has 12 heteroatoms. The van der Waals surface area contributed by atoms with Crippen LogP contribution in [0.15, 0.2) is 0 Å². The van der Waals surface area contributed by atoms with E-state index in [1.807, 2.05) is 34.6 Å². The number of carbonyl (C=O) groups excluding carboxylic acids is 4. The van der Waals surface area contributed by atoms with E-state index in [4.69, 9.17) is 18.9 Å². The maximum Gasteiger partial charge on any atom is 0.302 e. The van der Waals surface area contributed by atoms with E-state index in [1.165, 1.54) is 11.8 Å². The second-order valence-corrected chi connectivity index (χ2v) is 12.1. The lowest BCUT2D eigenvalue weighted by molar-refractivity contribution is -0.147. The summed E-state index contributed by atoms with van der Waals surface area (Å²) < 4.78 is 21.8. The Kier molecular flexibility index (Phi) is 17.8. The summed E-state index contributed by atoms with van der Waals surface area (Å²) in [7, 11) is 0. The third kappa shape index (κ3) is 14.8. The highest BCUT2D eigenvalue weighted by Crippen LogP contribution is 2.27. The lowest BCUT2D eigenvalue weighted by Gasteiger charge is -2.35. The largest absolute Gasteiger partial charge is 0.461 e. The van der Waals surface area contributed by atoms with Crippen LogP contribution in [0.4, 0.5) is 0 Å². The van der Waals surface area contributed by atoms with Gasteiger partial charge in [-0.1, -0.05) is 48.0 Å². The summed E-state index contributed by atoms with van der Waals surface area (Å²) in [5.41, 5.74) is -0.656. The number of nitrogens with zero attached hydrogens (tertiary/aromatic N) is 1. The second-order valence-electron chi connectivity index (χ2n) is 12.1. The van der Waals surface area contributed by atoms with Crippen molar-refractivity contribution >= 4 is 23.7 Å². The number of nitrogens with one attached hydrogen (secondary N) is 3. The van der Waals surface area contributed by atoms with Crippen molar-refractivity contribution in [3.05, 3.63) is 0 Å². The SMILES string of the molecule is CCC(C)CNC(=O)C1CC(OC(C)=O)CN1C(=O)C(NC(=O)COCCOCCOCCNC(C)CC)C(C)(C)C. The second kappa shape index (κ2) is 19.8. The Hall–Kier alpha value is -2.28. The molecular weight excluding hydrogens is 544 g/mol. The van der Waals surface area contributed by atoms with Crippen LogP contribution in [0.2, 0.25) is 0 Å². The number of likely N-dealkylation sites (tertiary alicyclic amines) is 1. The molecular formula is C30H56N4O8. The molecule has 244 valence electrons. The lowest BCUT2D eigenvalue weighted by atomic mass is 9.85. The van der Waals surface area contributed by atoms with Gasteiger partial charge in [0.15, 0.2) is 0 Å². The fraction of sp³-hybridized carbons (Fsp3) is 0.867. The van der Waals surface area contributed by atoms with E-state index in [0.29, 0.717) is 39.0 Å². The summed E-state index contributed by atoms with van der Waals surface area (Å²) in [5.74, 6) is -1.35. The van der Waals surface area contributed by atoms with Crippen molar-refractivity contribution in [1.29, 1.82) is 0 Å². The fourth-order valence-corrected chi connectivity index (χ4v) is 4.29. The Morgan fingerprint density at radius 3 is 2.12 bits per heavy atom. The summed E-state index contributed by atoms with van der Waals surface area (Å²) in [4.78, 5) is 52.6. The first-order valence-corrected chi connectivity index (χ1v) is 15.3. The zero-order chi connectivity index (χ0) is 31.7. The minimum atomic E-state index is -0.919. The van der Waals surface area contributed by atoms with Gasteiger partial charge in [-0.3, -0.25) is 19.2 Å².